The van der Waals surface area contributed by atoms with Gasteiger partial charge in [-0.1, -0.05) is 28.9 Å². The summed E-state index contributed by atoms with van der Waals surface area (Å²) in [6.45, 7) is 3.27. The lowest BCUT2D eigenvalue weighted by Crippen LogP contribution is -2.43. The van der Waals surface area contributed by atoms with Gasteiger partial charge in [-0.25, -0.2) is 0 Å². The second-order valence-corrected chi connectivity index (χ2v) is 7.44. The molecule has 6 heteroatoms. The topological polar surface area (TPSA) is 58.6 Å². The summed E-state index contributed by atoms with van der Waals surface area (Å²) in [7, 11) is 0. The monoisotopic (exact) mass is 430 g/mol. The van der Waals surface area contributed by atoms with Crippen molar-refractivity contribution in [3.8, 4) is 5.75 Å². The molecule has 1 saturated heterocycles. The quantitative estimate of drug-likeness (QED) is 0.734. The highest BCUT2D eigenvalue weighted by Crippen LogP contribution is 2.24. The van der Waals surface area contributed by atoms with E-state index in [0.717, 1.165) is 23.1 Å². The molecule has 1 fully saturated rings. The van der Waals surface area contributed by atoms with Gasteiger partial charge < -0.3 is 15.0 Å². The Kier molecular flexibility index (Phi) is 6.50. The van der Waals surface area contributed by atoms with Gasteiger partial charge in [0, 0.05) is 28.3 Å². The van der Waals surface area contributed by atoms with Crippen LogP contribution in [0.5, 0.6) is 5.75 Å². The van der Waals surface area contributed by atoms with Crippen molar-refractivity contribution in [2.75, 3.05) is 18.5 Å². The number of nitrogens with one attached hydrogen (secondary N) is 1. The molecular formula is C21H23BrN2O3. The molecule has 0 saturated carbocycles. The second-order valence-electron chi connectivity index (χ2n) is 6.53. The maximum absolute atomic E-state index is 12.8. The van der Waals surface area contributed by atoms with E-state index in [2.05, 4.69) is 21.2 Å². The number of halogens is 1. The van der Waals surface area contributed by atoms with Crippen molar-refractivity contribution in [2.24, 2.45) is 0 Å². The molecule has 0 spiro atoms. The molecule has 1 heterocycles. The van der Waals surface area contributed by atoms with Gasteiger partial charge in [-0.05, 0) is 55.7 Å². The number of hydrogen-bond acceptors (Lipinski definition) is 3. The number of nitrogens with zero attached hydrogens (tertiary/aromatic N) is 1. The minimum atomic E-state index is -0.457. The summed E-state index contributed by atoms with van der Waals surface area (Å²) in [6, 6.07) is 14.1. The third-order valence-electron chi connectivity index (χ3n) is 4.48. The molecule has 0 bridgehead atoms. The van der Waals surface area contributed by atoms with E-state index in [0.29, 0.717) is 30.8 Å². The molecule has 1 aliphatic heterocycles. The minimum absolute atomic E-state index is 0.111. The first-order chi connectivity index (χ1) is 13.1. The van der Waals surface area contributed by atoms with Gasteiger partial charge in [-0.2, -0.15) is 0 Å². The summed E-state index contributed by atoms with van der Waals surface area (Å²) in [6.07, 6.45) is 2.41. The first kappa shape index (κ1) is 19.4. The summed E-state index contributed by atoms with van der Waals surface area (Å²) in [4.78, 5) is 27.3. The van der Waals surface area contributed by atoms with Crippen LogP contribution in [0.1, 0.15) is 36.5 Å². The molecule has 0 aromatic heterocycles. The minimum Gasteiger partial charge on any atom is -0.494 e. The predicted molar refractivity (Wildman–Crippen MR) is 109 cm³/mol. The molecule has 1 aliphatic rings. The van der Waals surface area contributed by atoms with E-state index in [1.807, 2.05) is 43.3 Å². The lowest BCUT2D eigenvalue weighted by molar-refractivity contribution is -0.119. The summed E-state index contributed by atoms with van der Waals surface area (Å²) >= 11 is 3.37. The molecule has 3 rings (SSSR count). The van der Waals surface area contributed by atoms with E-state index in [4.69, 9.17) is 4.74 Å². The van der Waals surface area contributed by atoms with Gasteiger partial charge in [-0.15, -0.1) is 0 Å². The smallest absolute Gasteiger partial charge is 0.254 e. The number of rotatable bonds is 6. The van der Waals surface area contributed by atoms with Gasteiger partial charge in [0.05, 0.1) is 6.61 Å². The van der Waals surface area contributed by atoms with Crippen LogP contribution in [0.2, 0.25) is 0 Å². The summed E-state index contributed by atoms with van der Waals surface area (Å²) in [5.41, 5.74) is 1.27. The molecule has 1 unspecified atom stereocenters. The van der Waals surface area contributed by atoms with Crippen LogP contribution in [0.4, 0.5) is 5.69 Å². The molecule has 27 heavy (non-hydrogen) atoms. The first-order valence-corrected chi connectivity index (χ1v) is 9.98. The van der Waals surface area contributed by atoms with E-state index < -0.39 is 6.04 Å². The number of hydrogen-bond donors (Lipinski definition) is 1. The molecule has 2 amide bonds. The molecule has 0 radical (unpaired) electrons. The fraction of sp³-hybridized carbons (Fsp3) is 0.333. The van der Waals surface area contributed by atoms with Crippen LogP contribution in [0, 0.1) is 0 Å². The number of amides is 2. The fourth-order valence-electron chi connectivity index (χ4n) is 3.15. The lowest BCUT2D eigenvalue weighted by Gasteiger charge is -2.24. The molecule has 0 aliphatic carbocycles. The van der Waals surface area contributed by atoms with E-state index in [9.17, 15) is 9.59 Å². The van der Waals surface area contributed by atoms with Gasteiger partial charge in [-0.3, -0.25) is 9.59 Å². The van der Waals surface area contributed by atoms with Crippen molar-refractivity contribution < 1.29 is 14.3 Å². The summed E-state index contributed by atoms with van der Waals surface area (Å²) < 4.78 is 6.53. The number of carbonyl (C=O) groups is 2. The van der Waals surface area contributed by atoms with Crippen LogP contribution >= 0.6 is 15.9 Å². The standard InChI is InChI=1S/C21H23BrN2O3/c1-2-13-27-18-6-3-5-17(14-18)23-20(25)19-7-4-12-24(19)21(26)15-8-10-16(22)11-9-15/h3,5-6,8-11,14,19H,2,4,7,12-13H2,1H3,(H,23,25). The third kappa shape index (κ3) is 4.89. The van der Waals surface area contributed by atoms with Crippen molar-refractivity contribution in [1.82, 2.24) is 4.90 Å². The summed E-state index contributed by atoms with van der Waals surface area (Å²) in [5.74, 6) is 0.453. The highest BCUT2D eigenvalue weighted by Gasteiger charge is 2.34. The van der Waals surface area contributed by atoms with Gasteiger partial charge in [0.1, 0.15) is 11.8 Å². The Morgan fingerprint density at radius 3 is 2.74 bits per heavy atom. The zero-order valence-electron chi connectivity index (χ0n) is 15.3. The SMILES string of the molecule is CCCOc1cccc(NC(=O)C2CCCN2C(=O)c2ccc(Br)cc2)c1. The Labute approximate surface area is 167 Å². The zero-order valence-corrected chi connectivity index (χ0v) is 16.9. The normalized spacial score (nSPS) is 16.2. The van der Waals surface area contributed by atoms with E-state index in [1.54, 1.807) is 17.0 Å². The predicted octanol–water partition coefficient (Wildman–Crippen LogP) is 4.48. The van der Waals surface area contributed by atoms with Crippen molar-refractivity contribution in [1.29, 1.82) is 0 Å². The van der Waals surface area contributed by atoms with Crippen LogP contribution in [0.3, 0.4) is 0 Å². The largest absolute Gasteiger partial charge is 0.494 e. The van der Waals surface area contributed by atoms with Crippen molar-refractivity contribution in [3.05, 3.63) is 58.6 Å². The third-order valence-corrected chi connectivity index (χ3v) is 5.01. The highest BCUT2D eigenvalue weighted by molar-refractivity contribution is 9.10. The average molecular weight is 431 g/mol. The van der Waals surface area contributed by atoms with Crippen molar-refractivity contribution >= 4 is 33.4 Å². The molecule has 1 atom stereocenters. The Bertz CT molecular complexity index is 807. The Balaban J connectivity index is 1.68. The van der Waals surface area contributed by atoms with E-state index in [-0.39, 0.29) is 11.8 Å². The van der Waals surface area contributed by atoms with Crippen molar-refractivity contribution in [2.45, 2.75) is 32.2 Å². The first-order valence-electron chi connectivity index (χ1n) is 9.18. The molecule has 2 aromatic rings. The Morgan fingerprint density at radius 2 is 2.00 bits per heavy atom. The number of ether oxygens (including phenoxy) is 1. The fourth-order valence-corrected chi connectivity index (χ4v) is 3.41. The Morgan fingerprint density at radius 1 is 1.22 bits per heavy atom. The Hall–Kier alpha value is -2.34. The number of benzene rings is 2. The lowest BCUT2D eigenvalue weighted by atomic mass is 10.1. The molecule has 5 nitrogen and oxygen atoms in total. The molecule has 1 N–H and O–H groups in total. The zero-order chi connectivity index (χ0) is 19.2. The average Bonchev–Trinajstić information content (AvgIpc) is 3.17. The van der Waals surface area contributed by atoms with Crippen LogP contribution in [0.25, 0.3) is 0 Å². The van der Waals surface area contributed by atoms with E-state index >= 15 is 0 Å². The number of carbonyl (C=O) groups excluding carboxylic acids is 2. The van der Waals surface area contributed by atoms with Gasteiger partial charge >= 0.3 is 0 Å². The van der Waals surface area contributed by atoms with Crippen LogP contribution in [-0.4, -0.2) is 35.9 Å². The highest BCUT2D eigenvalue weighted by atomic mass is 79.9. The van der Waals surface area contributed by atoms with Crippen LogP contribution < -0.4 is 10.1 Å². The van der Waals surface area contributed by atoms with Gasteiger partial charge in [0.2, 0.25) is 5.91 Å². The second kappa shape index (κ2) is 9.04. The summed E-state index contributed by atoms with van der Waals surface area (Å²) in [5, 5.41) is 2.93. The molecular weight excluding hydrogens is 408 g/mol. The molecule has 142 valence electrons. The van der Waals surface area contributed by atoms with Gasteiger partial charge in [0.15, 0.2) is 0 Å². The van der Waals surface area contributed by atoms with E-state index in [1.165, 1.54) is 0 Å². The van der Waals surface area contributed by atoms with Crippen LogP contribution in [0.15, 0.2) is 53.0 Å². The number of anilines is 1. The van der Waals surface area contributed by atoms with Gasteiger partial charge in [0.25, 0.3) is 5.91 Å². The van der Waals surface area contributed by atoms with Crippen molar-refractivity contribution in [3.63, 3.8) is 0 Å². The maximum atomic E-state index is 12.8. The van der Waals surface area contributed by atoms with Crippen LogP contribution in [-0.2, 0) is 4.79 Å². The maximum Gasteiger partial charge on any atom is 0.254 e. The molecule has 2 aromatic carbocycles. The number of likely N-dealkylation sites (tertiary alicyclic amines) is 1.